The summed E-state index contributed by atoms with van der Waals surface area (Å²) in [6.07, 6.45) is 2.13. The van der Waals surface area contributed by atoms with Gasteiger partial charge >= 0.3 is 15.5 Å². The molecular formula is C19H20F3N3O3S2. The maximum Gasteiger partial charge on any atom is 0.516 e. The predicted molar refractivity (Wildman–Crippen MR) is 109 cm³/mol. The molecule has 5 rings (SSSR count). The summed E-state index contributed by atoms with van der Waals surface area (Å²) in [5, 5.41) is 3.07. The van der Waals surface area contributed by atoms with Gasteiger partial charge in [0.2, 0.25) is 0 Å². The zero-order chi connectivity index (χ0) is 21.5. The quantitative estimate of drug-likeness (QED) is 0.718. The van der Waals surface area contributed by atoms with Gasteiger partial charge in [-0.3, -0.25) is 9.52 Å². The molecular weight excluding hydrogens is 439 g/mol. The molecule has 3 aliphatic rings. The number of carbonyl (C=O) groups is 1. The minimum Gasteiger partial charge on any atom is -0.347 e. The number of nitrogens with one attached hydrogen (secondary N) is 2. The Kier molecular flexibility index (Phi) is 5.54. The number of carbonyl (C=O) groups excluding carboxylic acids is 1. The highest BCUT2D eigenvalue weighted by Crippen LogP contribution is 2.36. The molecule has 3 aliphatic heterocycles. The number of hydrogen-bond donors (Lipinski definition) is 2. The topological polar surface area (TPSA) is 78.5 Å². The van der Waals surface area contributed by atoms with Crippen molar-refractivity contribution in [2.24, 2.45) is 5.92 Å². The molecule has 1 aromatic heterocycles. The largest absolute Gasteiger partial charge is 0.516 e. The summed E-state index contributed by atoms with van der Waals surface area (Å²) in [7, 11) is -5.54. The Morgan fingerprint density at radius 2 is 1.80 bits per heavy atom. The lowest BCUT2D eigenvalue weighted by Crippen LogP contribution is -2.57. The first-order valence-electron chi connectivity index (χ1n) is 9.45. The second-order valence-corrected chi connectivity index (χ2v) is 10.2. The highest BCUT2D eigenvalue weighted by atomic mass is 32.2. The number of fused-ring (bicyclic) bond motifs is 3. The van der Waals surface area contributed by atoms with Crippen molar-refractivity contribution < 1.29 is 26.4 Å². The van der Waals surface area contributed by atoms with Gasteiger partial charge in [-0.05, 0) is 50.0 Å². The highest BCUT2D eigenvalue weighted by Gasteiger charge is 2.46. The number of nitrogens with zero attached hydrogens (tertiary/aromatic N) is 1. The van der Waals surface area contributed by atoms with E-state index in [4.69, 9.17) is 0 Å². The Bertz CT molecular complexity index is 1040. The number of para-hydroxylation sites is 1. The first-order valence-corrected chi connectivity index (χ1v) is 11.8. The summed E-state index contributed by atoms with van der Waals surface area (Å²) in [4.78, 5) is 15.9. The first kappa shape index (κ1) is 21.1. The van der Waals surface area contributed by atoms with Crippen LogP contribution in [0, 0.1) is 5.92 Å². The lowest BCUT2D eigenvalue weighted by Gasteiger charge is -2.44. The van der Waals surface area contributed by atoms with E-state index in [0.29, 0.717) is 15.7 Å². The normalized spacial score (nSPS) is 23.9. The molecule has 1 amide bonds. The number of hydrogen-bond acceptors (Lipinski definition) is 5. The molecule has 0 unspecified atom stereocenters. The van der Waals surface area contributed by atoms with E-state index in [2.05, 4.69) is 10.2 Å². The van der Waals surface area contributed by atoms with Crippen molar-refractivity contribution in [1.29, 1.82) is 0 Å². The average molecular weight is 460 g/mol. The van der Waals surface area contributed by atoms with Crippen molar-refractivity contribution in [3.63, 3.8) is 0 Å². The molecule has 2 aromatic rings. The highest BCUT2D eigenvalue weighted by molar-refractivity contribution is 7.93. The number of benzene rings is 1. The van der Waals surface area contributed by atoms with Crippen molar-refractivity contribution in [1.82, 2.24) is 10.2 Å². The Balaban J connectivity index is 1.52. The molecule has 1 atom stereocenters. The molecule has 2 N–H and O–H groups in total. The lowest BCUT2D eigenvalue weighted by molar-refractivity contribution is -0.0429. The Labute approximate surface area is 176 Å². The van der Waals surface area contributed by atoms with Gasteiger partial charge < -0.3 is 10.2 Å². The molecule has 0 aliphatic carbocycles. The van der Waals surface area contributed by atoms with Crippen LogP contribution in [0.1, 0.15) is 22.5 Å². The second-order valence-electron chi connectivity index (χ2n) is 7.48. The molecule has 4 heterocycles. The molecule has 6 nitrogen and oxygen atoms in total. The number of halogens is 3. The number of amides is 1. The van der Waals surface area contributed by atoms with E-state index in [1.54, 1.807) is 22.9 Å². The fraction of sp³-hybridized carbons (Fsp3) is 0.421. The number of piperidine rings is 3. The minimum absolute atomic E-state index is 0.0939. The molecule has 1 aromatic carbocycles. The zero-order valence-corrected chi connectivity index (χ0v) is 17.4. The average Bonchev–Trinajstić information content (AvgIpc) is 3.18. The van der Waals surface area contributed by atoms with Crippen LogP contribution in [-0.4, -0.2) is 50.4 Å². The Morgan fingerprint density at radius 3 is 2.43 bits per heavy atom. The fourth-order valence-corrected chi connectivity index (χ4v) is 5.49. The second kappa shape index (κ2) is 7.86. The van der Waals surface area contributed by atoms with E-state index >= 15 is 0 Å². The van der Waals surface area contributed by atoms with Gasteiger partial charge in [-0.15, -0.1) is 11.3 Å². The van der Waals surface area contributed by atoms with Gasteiger partial charge in [0.25, 0.3) is 5.91 Å². The molecule has 0 radical (unpaired) electrons. The third-order valence-electron chi connectivity index (χ3n) is 5.54. The molecule has 2 bridgehead atoms. The number of alkyl halides is 3. The van der Waals surface area contributed by atoms with Gasteiger partial charge in [0.15, 0.2) is 0 Å². The molecule has 3 saturated heterocycles. The van der Waals surface area contributed by atoms with Gasteiger partial charge in [0.05, 0.1) is 10.6 Å². The van der Waals surface area contributed by atoms with Crippen molar-refractivity contribution in [3.8, 4) is 10.4 Å². The maximum atomic E-state index is 12.7. The third kappa shape index (κ3) is 4.19. The van der Waals surface area contributed by atoms with Crippen LogP contribution in [0.5, 0.6) is 0 Å². The van der Waals surface area contributed by atoms with Crippen LogP contribution in [0.2, 0.25) is 0 Å². The monoisotopic (exact) mass is 459 g/mol. The lowest BCUT2D eigenvalue weighted by atomic mass is 9.84. The standard InChI is InChI=1S/C19H20F3N3O3S2/c20-19(21,22)30(27,28)24-14-4-2-1-3-13(14)16-5-6-17(29-16)18(26)23-15-11-25-9-7-12(15)8-10-25/h1-6,12,15,24H,7-11H2,(H,23,26)/t15-/m0/s1. The number of sulfonamides is 1. The molecule has 0 spiro atoms. The SMILES string of the molecule is O=C(N[C@H]1CN2CCC1CC2)c1ccc(-c2ccccc2NS(=O)(=O)C(F)(F)F)s1. The smallest absolute Gasteiger partial charge is 0.347 e. The molecule has 0 saturated carbocycles. The zero-order valence-electron chi connectivity index (χ0n) is 15.8. The van der Waals surface area contributed by atoms with E-state index in [-0.39, 0.29) is 23.2 Å². The van der Waals surface area contributed by atoms with E-state index in [1.165, 1.54) is 18.2 Å². The maximum absolute atomic E-state index is 12.7. The van der Waals surface area contributed by atoms with Crippen molar-refractivity contribution in [2.75, 3.05) is 24.4 Å². The van der Waals surface area contributed by atoms with Crippen LogP contribution in [-0.2, 0) is 10.0 Å². The van der Waals surface area contributed by atoms with E-state index in [1.807, 2.05) is 0 Å². The molecule has 11 heteroatoms. The fourth-order valence-electron chi connectivity index (χ4n) is 3.96. The number of anilines is 1. The van der Waals surface area contributed by atoms with Gasteiger partial charge in [0.1, 0.15) is 0 Å². The van der Waals surface area contributed by atoms with Crippen LogP contribution in [0.3, 0.4) is 0 Å². The summed E-state index contributed by atoms with van der Waals surface area (Å²) in [5.74, 6) is 0.245. The van der Waals surface area contributed by atoms with Crippen LogP contribution >= 0.6 is 11.3 Å². The summed E-state index contributed by atoms with van der Waals surface area (Å²) < 4.78 is 62.8. The van der Waals surface area contributed by atoms with Crippen LogP contribution in [0.4, 0.5) is 18.9 Å². The summed E-state index contributed by atoms with van der Waals surface area (Å²) >= 11 is 1.11. The van der Waals surface area contributed by atoms with Gasteiger partial charge in [-0.25, -0.2) is 0 Å². The molecule has 3 fully saturated rings. The third-order valence-corrected chi connectivity index (χ3v) is 7.76. The van der Waals surface area contributed by atoms with Crippen molar-refractivity contribution >= 4 is 33.0 Å². The van der Waals surface area contributed by atoms with Gasteiger partial charge in [-0.1, -0.05) is 18.2 Å². The van der Waals surface area contributed by atoms with E-state index in [9.17, 15) is 26.4 Å². The molecule has 30 heavy (non-hydrogen) atoms. The van der Waals surface area contributed by atoms with Crippen LogP contribution < -0.4 is 10.0 Å². The van der Waals surface area contributed by atoms with E-state index in [0.717, 1.165) is 43.8 Å². The number of rotatable bonds is 5. The van der Waals surface area contributed by atoms with E-state index < -0.39 is 15.5 Å². The number of thiophene rings is 1. The molecule has 162 valence electrons. The van der Waals surface area contributed by atoms with Gasteiger partial charge in [-0.2, -0.15) is 21.6 Å². The Morgan fingerprint density at radius 1 is 1.10 bits per heavy atom. The summed E-state index contributed by atoms with van der Waals surface area (Å²) in [6.45, 7) is 2.95. The predicted octanol–water partition coefficient (Wildman–Crippen LogP) is 3.50. The van der Waals surface area contributed by atoms with Gasteiger partial charge in [0, 0.05) is 23.0 Å². The van der Waals surface area contributed by atoms with Crippen LogP contribution in [0.25, 0.3) is 10.4 Å². The van der Waals surface area contributed by atoms with Crippen molar-refractivity contribution in [2.45, 2.75) is 24.4 Å². The first-order chi connectivity index (χ1) is 14.1. The Hall–Kier alpha value is -2.11. The minimum atomic E-state index is -5.54. The summed E-state index contributed by atoms with van der Waals surface area (Å²) in [6, 6.07) is 9.10. The summed E-state index contributed by atoms with van der Waals surface area (Å²) in [5.41, 5.74) is -5.34. The van der Waals surface area contributed by atoms with Crippen molar-refractivity contribution in [3.05, 3.63) is 41.3 Å². The van der Waals surface area contributed by atoms with Crippen LogP contribution in [0.15, 0.2) is 36.4 Å².